The molecule has 3 rings (SSSR count). The molecule has 0 unspecified atom stereocenters. The van der Waals surface area contributed by atoms with E-state index in [-0.39, 0.29) is 0 Å². The zero-order valence-corrected chi connectivity index (χ0v) is 6.95. The van der Waals surface area contributed by atoms with E-state index in [4.69, 9.17) is 5.11 Å². The Morgan fingerprint density at radius 3 is 2.22 bits per heavy atom. The van der Waals surface area contributed by atoms with Crippen molar-refractivity contribution in [3.05, 3.63) is 0 Å². The third-order valence-corrected chi connectivity index (χ3v) is 3.78. The standard InChI is InChI=1S/C7H11BrO/c8-7-2-1-6(3-7,4-7)5-9/h9H,1-5H2. The van der Waals surface area contributed by atoms with Crippen LogP contribution in [0.4, 0.5) is 0 Å². The third-order valence-electron chi connectivity index (χ3n) is 2.82. The van der Waals surface area contributed by atoms with E-state index in [0.717, 1.165) is 0 Å². The SMILES string of the molecule is OCC12CCC(Br)(C1)C2. The van der Waals surface area contributed by atoms with Crippen LogP contribution in [-0.4, -0.2) is 16.0 Å². The van der Waals surface area contributed by atoms with Gasteiger partial charge in [-0.3, -0.25) is 0 Å². The van der Waals surface area contributed by atoms with Gasteiger partial charge in [-0.05, 0) is 31.1 Å². The molecule has 9 heavy (non-hydrogen) atoms. The molecule has 0 radical (unpaired) electrons. The molecule has 0 heterocycles. The first-order valence-electron chi connectivity index (χ1n) is 3.48. The Hall–Kier alpha value is 0.440. The lowest BCUT2D eigenvalue weighted by Crippen LogP contribution is -2.40. The summed E-state index contributed by atoms with van der Waals surface area (Å²) in [5.74, 6) is 0. The Labute approximate surface area is 63.6 Å². The van der Waals surface area contributed by atoms with Crippen LogP contribution in [0.15, 0.2) is 0 Å². The molecule has 52 valence electrons. The fourth-order valence-corrected chi connectivity index (χ4v) is 3.71. The van der Waals surface area contributed by atoms with Gasteiger partial charge in [-0.1, -0.05) is 15.9 Å². The quantitative estimate of drug-likeness (QED) is 0.625. The molecule has 1 nitrogen and oxygen atoms in total. The average Bonchev–Trinajstić information content (AvgIpc) is 2.20. The fourth-order valence-electron chi connectivity index (χ4n) is 2.33. The summed E-state index contributed by atoms with van der Waals surface area (Å²) in [7, 11) is 0. The lowest BCUT2D eigenvalue weighted by atomic mass is 9.70. The molecular formula is C7H11BrO. The average molecular weight is 191 g/mol. The maximum atomic E-state index is 8.96. The molecule has 0 aromatic rings. The lowest BCUT2D eigenvalue weighted by Gasteiger charge is -2.42. The van der Waals surface area contributed by atoms with Crippen molar-refractivity contribution in [2.24, 2.45) is 5.41 Å². The second-order valence-corrected chi connectivity index (χ2v) is 5.34. The molecule has 0 aromatic heterocycles. The molecule has 0 aliphatic heterocycles. The van der Waals surface area contributed by atoms with Gasteiger partial charge in [-0.25, -0.2) is 0 Å². The minimum atomic E-state index is 0.351. The predicted molar refractivity (Wildman–Crippen MR) is 39.6 cm³/mol. The molecule has 0 saturated heterocycles. The summed E-state index contributed by atoms with van der Waals surface area (Å²) in [6, 6.07) is 0. The minimum Gasteiger partial charge on any atom is -0.396 e. The normalized spacial score (nSPS) is 55.3. The summed E-state index contributed by atoms with van der Waals surface area (Å²) in [5.41, 5.74) is 0.351. The first kappa shape index (κ1) is 6.17. The van der Waals surface area contributed by atoms with Crippen LogP contribution in [0.25, 0.3) is 0 Å². The zero-order chi connectivity index (χ0) is 6.54. The summed E-state index contributed by atoms with van der Waals surface area (Å²) in [4.78, 5) is 0. The van der Waals surface area contributed by atoms with Crippen LogP contribution in [0.3, 0.4) is 0 Å². The number of rotatable bonds is 1. The molecule has 2 bridgehead atoms. The van der Waals surface area contributed by atoms with Crippen molar-refractivity contribution in [3.8, 4) is 0 Å². The van der Waals surface area contributed by atoms with Gasteiger partial charge in [0.1, 0.15) is 0 Å². The predicted octanol–water partition coefficient (Wildman–Crippen LogP) is 1.69. The molecular weight excluding hydrogens is 180 g/mol. The van der Waals surface area contributed by atoms with Crippen molar-refractivity contribution in [3.63, 3.8) is 0 Å². The second kappa shape index (κ2) is 1.54. The maximum Gasteiger partial charge on any atom is 0.0488 e. The van der Waals surface area contributed by atoms with Gasteiger partial charge >= 0.3 is 0 Å². The number of alkyl halides is 1. The Kier molecular flexibility index (Phi) is 1.05. The number of hydrogen-bond donors (Lipinski definition) is 1. The summed E-state index contributed by atoms with van der Waals surface area (Å²) >= 11 is 3.67. The first-order chi connectivity index (χ1) is 4.18. The van der Waals surface area contributed by atoms with Crippen molar-refractivity contribution in [2.75, 3.05) is 6.61 Å². The van der Waals surface area contributed by atoms with Gasteiger partial charge in [0.2, 0.25) is 0 Å². The zero-order valence-electron chi connectivity index (χ0n) is 5.36. The van der Waals surface area contributed by atoms with Gasteiger partial charge in [0.25, 0.3) is 0 Å². The van der Waals surface area contributed by atoms with Gasteiger partial charge < -0.3 is 5.11 Å². The molecule has 3 fully saturated rings. The highest BCUT2D eigenvalue weighted by Gasteiger charge is 2.58. The highest BCUT2D eigenvalue weighted by atomic mass is 79.9. The molecule has 3 aliphatic rings. The maximum absolute atomic E-state index is 8.96. The Morgan fingerprint density at radius 2 is 2.00 bits per heavy atom. The van der Waals surface area contributed by atoms with Crippen molar-refractivity contribution < 1.29 is 5.11 Å². The van der Waals surface area contributed by atoms with Gasteiger partial charge in [0.05, 0.1) is 0 Å². The number of aliphatic hydroxyl groups is 1. The number of hydrogen-bond acceptors (Lipinski definition) is 1. The topological polar surface area (TPSA) is 20.2 Å². The summed E-state index contributed by atoms with van der Waals surface area (Å²) in [5, 5.41) is 8.96. The smallest absolute Gasteiger partial charge is 0.0488 e. The van der Waals surface area contributed by atoms with Crippen LogP contribution in [-0.2, 0) is 0 Å². The molecule has 3 aliphatic carbocycles. The van der Waals surface area contributed by atoms with E-state index in [1.54, 1.807) is 0 Å². The first-order valence-corrected chi connectivity index (χ1v) is 4.27. The van der Waals surface area contributed by atoms with Crippen LogP contribution in [0.2, 0.25) is 0 Å². The van der Waals surface area contributed by atoms with Crippen LogP contribution < -0.4 is 0 Å². The number of halogens is 1. The van der Waals surface area contributed by atoms with Crippen LogP contribution >= 0.6 is 15.9 Å². The van der Waals surface area contributed by atoms with Gasteiger partial charge in [-0.15, -0.1) is 0 Å². The van der Waals surface area contributed by atoms with E-state index >= 15 is 0 Å². The number of fused-ring (bicyclic) bond motifs is 1. The fraction of sp³-hybridized carbons (Fsp3) is 1.00. The van der Waals surface area contributed by atoms with Gasteiger partial charge in [0.15, 0.2) is 0 Å². The highest BCUT2D eigenvalue weighted by molar-refractivity contribution is 9.10. The van der Waals surface area contributed by atoms with E-state index in [9.17, 15) is 0 Å². The molecule has 0 atom stereocenters. The molecule has 1 N–H and O–H groups in total. The summed E-state index contributed by atoms with van der Waals surface area (Å²) in [6.07, 6.45) is 4.91. The Balaban J connectivity index is 2.12. The van der Waals surface area contributed by atoms with Crippen LogP contribution in [0.1, 0.15) is 25.7 Å². The monoisotopic (exact) mass is 190 g/mol. The largest absolute Gasteiger partial charge is 0.396 e. The minimum absolute atomic E-state index is 0.351. The van der Waals surface area contributed by atoms with Crippen molar-refractivity contribution >= 4 is 15.9 Å². The van der Waals surface area contributed by atoms with Crippen LogP contribution in [0.5, 0.6) is 0 Å². The number of aliphatic hydroxyl groups excluding tert-OH is 1. The van der Waals surface area contributed by atoms with Gasteiger partial charge in [0, 0.05) is 10.9 Å². The van der Waals surface area contributed by atoms with E-state index in [1.165, 1.54) is 25.7 Å². The summed E-state index contributed by atoms with van der Waals surface area (Å²) in [6.45, 7) is 0.403. The van der Waals surface area contributed by atoms with E-state index in [1.807, 2.05) is 0 Å². The third kappa shape index (κ3) is 0.695. The Bertz CT molecular complexity index is 138. The molecule has 0 spiro atoms. The van der Waals surface area contributed by atoms with Gasteiger partial charge in [-0.2, -0.15) is 0 Å². The molecule has 2 heteroatoms. The molecule has 3 saturated carbocycles. The van der Waals surface area contributed by atoms with Crippen molar-refractivity contribution in [1.29, 1.82) is 0 Å². The molecule has 0 aromatic carbocycles. The molecule has 0 amide bonds. The van der Waals surface area contributed by atoms with Crippen molar-refractivity contribution in [2.45, 2.75) is 30.0 Å². The lowest BCUT2D eigenvalue weighted by molar-refractivity contribution is 0.0706. The van der Waals surface area contributed by atoms with Crippen molar-refractivity contribution in [1.82, 2.24) is 0 Å². The van der Waals surface area contributed by atoms with E-state index < -0.39 is 0 Å². The highest BCUT2D eigenvalue weighted by Crippen LogP contribution is 2.65. The van der Waals surface area contributed by atoms with E-state index in [0.29, 0.717) is 16.3 Å². The van der Waals surface area contributed by atoms with E-state index in [2.05, 4.69) is 15.9 Å². The Morgan fingerprint density at radius 1 is 1.33 bits per heavy atom. The van der Waals surface area contributed by atoms with Crippen LogP contribution in [0, 0.1) is 5.41 Å². The summed E-state index contributed by atoms with van der Waals surface area (Å²) < 4.78 is 0.454. The second-order valence-electron chi connectivity index (χ2n) is 3.66.